The van der Waals surface area contributed by atoms with Gasteiger partial charge in [-0.05, 0) is 38.5 Å². The zero-order valence-electron chi connectivity index (χ0n) is 45.8. The molecule has 0 aliphatic rings. The van der Waals surface area contributed by atoms with Gasteiger partial charge < -0.3 is 28.5 Å². The van der Waals surface area contributed by atoms with E-state index in [1.165, 1.54) is 205 Å². The molecule has 0 fully saturated rings. The number of ether oxygens (including phenoxy) is 4. The topological polar surface area (TPSA) is 108 Å². The van der Waals surface area contributed by atoms with Gasteiger partial charge in [-0.25, -0.2) is 4.79 Å². The molecule has 0 saturated heterocycles. The molecule has 0 aliphatic heterocycles. The first-order chi connectivity index (χ1) is 33.1. The molecule has 68 heavy (non-hydrogen) atoms. The van der Waals surface area contributed by atoms with Crippen molar-refractivity contribution in [3.05, 3.63) is 12.2 Å². The highest BCUT2D eigenvalue weighted by Crippen LogP contribution is 2.18. The fraction of sp³-hybridized carbons (Fsp3) is 0.915. The Morgan fingerprint density at radius 2 is 0.750 bits per heavy atom. The Labute approximate surface area is 421 Å². The van der Waals surface area contributed by atoms with Crippen molar-refractivity contribution < 1.29 is 42.9 Å². The molecule has 402 valence electrons. The molecule has 0 aromatic rings. The third-order valence-corrected chi connectivity index (χ3v) is 13.3. The standard InChI is InChI=1S/C59H113NO8/c1-6-8-10-12-14-16-18-20-22-24-25-26-27-28-29-30-31-32-33-34-36-37-39-41-43-45-47-49-56(61)66-53-55(54-67-59(58(63)64)65-52-51-60(3,4)5)68-57(62)50-48-46-44-42-40-38-35-23-21-19-17-15-13-11-9-7-2/h23,35,55,59H,6-22,24-34,36-54H2,1-5H3/p+1/b35-23-. The summed E-state index contributed by atoms with van der Waals surface area (Å²) in [5.41, 5.74) is 0. The lowest BCUT2D eigenvalue weighted by Gasteiger charge is -2.25. The summed E-state index contributed by atoms with van der Waals surface area (Å²) in [5, 5.41) is 9.69. The molecule has 1 N–H and O–H groups in total. The molecule has 0 spiro atoms. The van der Waals surface area contributed by atoms with Crippen LogP contribution in [0.25, 0.3) is 0 Å². The first-order valence-electron chi connectivity index (χ1n) is 29.4. The first kappa shape index (κ1) is 66.0. The number of carbonyl (C=O) groups excluding carboxylic acids is 2. The van der Waals surface area contributed by atoms with Crippen LogP contribution in [-0.2, 0) is 33.3 Å². The van der Waals surface area contributed by atoms with Crippen molar-refractivity contribution in [3.63, 3.8) is 0 Å². The van der Waals surface area contributed by atoms with Crippen LogP contribution in [0.2, 0.25) is 0 Å². The summed E-state index contributed by atoms with van der Waals surface area (Å²) in [6.07, 6.45) is 55.8. The number of carboxylic acid groups (broad SMARTS) is 1. The van der Waals surface area contributed by atoms with Crippen LogP contribution in [0.5, 0.6) is 0 Å². The Kier molecular flexibility index (Phi) is 49.9. The molecular formula is C59H114NO8+. The Morgan fingerprint density at radius 3 is 1.09 bits per heavy atom. The third kappa shape index (κ3) is 51.9. The molecule has 9 heteroatoms. The number of hydrogen-bond donors (Lipinski definition) is 1. The van der Waals surface area contributed by atoms with E-state index in [1.54, 1.807) is 0 Å². The number of esters is 2. The number of aliphatic carboxylic acids is 1. The summed E-state index contributed by atoms with van der Waals surface area (Å²) < 4.78 is 22.9. The SMILES string of the molecule is CCCCCCCCC/C=C\CCCCCCCC(=O)OC(COC(=O)CCCCCCCCCCCCCCCCCCCCCCCCCCCCC)COC(OCC[N+](C)(C)C)C(=O)O. The lowest BCUT2D eigenvalue weighted by Crippen LogP contribution is -2.40. The molecule has 0 bridgehead atoms. The average Bonchev–Trinajstić information content (AvgIpc) is 3.30. The molecule has 0 aromatic heterocycles. The van der Waals surface area contributed by atoms with E-state index in [-0.39, 0.29) is 32.2 Å². The monoisotopic (exact) mass is 965 g/mol. The Balaban J connectivity index is 4.13. The number of quaternary nitrogens is 1. The lowest BCUT2D eigenvalue weighted by atomic mass is 10.0. The van der Waals surface area contributed by atoms with Crippen LogP contribution in [0, 0.1) is 0 Å². The Hall–Kier alpha value is -1.97. The summed E-state index contributed by atoms with van der Waals surface area (Å²) in [7, 11) is 5.97. The molecule has 0 aromatic carbocycles. The van der Waals surface area contributed by atoms with Gasteiger partial charge in [-0.3, -0.25) is 9.59 Å². The van der Waals surface area contributed by atoms with Gasteiger partial charge in [0.05, 0.1) is 34.4 Å². The highest BCUT2D eigenvalue weighted by atomic mass is 16.7. The molecule has 0 rings (SSSR count). The highest BCUT2D eigenvalue weighted by Gasteiger charge is 2.25. The molecule has 9 nitrogen and oxygen atoms in total. The molecule has 0 aliphatic carbocycles. The van der Waals surface area contributed by atoms with Crippen molar-refractivity contribution in [2.24, 2.45) is 0 Å². The molecule has 0 saturated carbocycles. The normalized spacial score (nSPS) is 12.8. The van der Waals surface area contributed by atoms with Gasteiger partial charge in [0, 0.05) is 12.8 Å². The molecule has 0 radical (unpaired) electrons. The van der Waals surface area contributed by atoms with Crippen molar-refractivity contribution in [1.82, 2.24) is 0 Å². The number of carbonyl (C=O) groups is 3. The van der Waals surface area contributed by atoms with Gasteiger partial charge >= 0.3 is 17.9 Å². The molecule has 2 unspecified atom stereocenters. The summed E-state index contributed by atoms with van der Waals surface area (Å²) in [6.45, 7) is 4.92. The van der Waals surface area contributed by atoms with Gasteiger partial charge in [-0.15, -0.1) is 0 Å². The number of hydrogen-bond acceptors (Lipinski definition) is 7. The number of nitrogens with zero attached hydrogens (tertiary/aromatic N) is 1. The third-order valence-electron chi connectivity index (χ3n) is 13.3. The zero-order valence-corrected chi connectivity index (χ0v) is 45.8. The minimum atomic E-state index is -1.51. The van der Waals surface area contributed by atoms with E-state index < -0.39 is 24.3 Å². The second-order valence-corrected chi connectivity index (χ2v) is 21.3. The smallest absolute Gasteiger partial charge is 0.361 e. The molecule has 0 heterocycles. The van der Waals surface area contributed by atoms with Gasteiger partial charge in [0.15, 0.2) is 6.10 Å². The van der Waals surface area contributed by atoms with E-state index in [0.29, 0.717) is 23.9 Å². The van der Waals surface area contributed by atoms with Crippen LogP contribution in [-0.4, -0.2) is 87.4 Å². The van der Waals surface area contributed by atoms with Crippen LogP contribution in [0.3, 0.4) is 0 Å². The average molecular weight is 966 g/mol. The zero-order chi connectivity index (χ0) is 49.9. The minimum Gasteiger partial charge on any atom is -0.477 e. The van der Waals surface area contributed by atoms with Crippen LogP contribution < -0.4 is 0 Å². The van der Waals surface area contributed by atoms with Crippen LogP contribution in [0.4, 0.5) is 0 Å². The largest absolute Gasteiger partial charge is 0.477 e. The van der Waals surface area contributed by atoms with E-state index in [9.17, 15) is 19.5 Å². The predicted octanol–water partition coefficient (Wildman–Crippen LogP) is 17.0. The molecular weight excluding hydrogens is 851 g/mol. The van der Waals surface area contributed by atoms with Gasteiger partial charge in [-0.2, -0.15) is 0 Å². The summed E-state index contributed by atoms with van der Waals surface area (Å²) >= 11 is 0. The molecule has 2 atom stereocenters. The van der Waals surface area contributed by atoms with Gasteiger partial charge in [0.25, 0.3) is 6.29 Å². The van der Waals surface area contributed by atoms with E-state index in [1.807, 2.05) is 21.1 Å². The summed E-state index contributed by atoms with van der Waals surface area (Å²) in [6, 6.07) is 0. The molecule has 0 amide bonds. The van der Waals surface area contributed by atoms with E-state index in [4.69, 9.17) is 18.9 Å². The van der Waals surface area contributed by atoms with Crippen molar-refractivity contribution in [3.8, 4) is 0 Å². The predicted molar refractivity (Wildman–Crippen MR) is 286 cm³/mol. The Bertz CT molecular complexity index is 1120. The number of unbranched alkanes of at least 4 members (excludes halogenated alkanes) is 38. The number of carboxylic acids is 1. The van der Waals surface area contributed by atoms with Crippen LogP contribution >= 0.6 is 0 Å². The van der Waals surface area contributed by atoms with Gasteiger partial charge in [-0.1, -0.05) is 251 Å². The van der Waals surface area contributed by atoms with Crippen LogP contribution in [0.15, 0.2) is 12.2 Å². The van der Waals surface area contributed by atoms with Crippen molar-refractivity contribution in [1.29, 1.82) is 0 Å². The lowest BCUT2D eigenvalue weighted by molar-refractivity contribution is -0.870. The fourth-order valence-corrected chi connectivity index (χ4v) is 8.72. The van der Waals surface area contributed by atoms with Crippen molar-refractivity contribution >= 4 is 17.9 Å². The van der Waals surface area contributed by atoms with Crippen molar-refractivity contribution in [2.75, 3.05) is 47.5 Å². The second-order valence-electron chi connectivity index (χ2n) is 21.3. The van der Waals surface area contributed by atoms with Gasteiger partial charge in [0.1, 0.15) is 13.2 Å². The van der Waals surface area contributed by atoms with E-state index in [0.717, 1.165) is 51.4 Å². The summed E-state index contributed by atoms with van der Waals surface area (Å²) in [5.74, 6) is -1.99. The number of rotatable bonds is 55. The Morgan fingerprint density at radius 1 is 0.426 bits per heavy atom. The number of likely N-dealkylation sites (N-methyl/N-ethyl adjacent to an activating group) is 1. The van der Waals surface area contributed by atoms with Crippen LogP contribution in [0.1, 0.15) is 290 Å². The minimum absolute atomic E-state index is 0.179. The first-order valence-corrected chi connectivity index (χ1v) is 29.4. The van der Waals surface area contributed by atoms with Gasteiger partial charge in [0.2, 0.25) is 0 Å². The fourth-order valence-electron chi connectivity index (χ4n) is 8.72. The second kappa shape index (κ2) is 51.4. The quantitative estimate of drug-likeness (QED) is 0.0211. The van der Waals surface area contributed by atoms with Crippen molar-refractivity contribution in [2.45, 2.75) is 302 Å². The maximum atomic E-state index is 12.8. The van der Waals surface area contributed by atoms with E-state index >= 15 is 0 Å². The maximum absolute atomic E-state index is 12.8. The summed E-state index contributed by atoms with van der Waals surface area (Å²) in [4.78, 5) is 37.4. The van der Waals surface area contributed by atoms with E-state index in [2.05, 4.69) is 26.0 Å². The highest BCUT2D eigenvalue weighted by molar-refractivity contribution is 5.71. The number of allylic oxidation sites excluding steroid dienone is 2. The maximum Gasteiger partial charge on any atom is 0.361 e.